The van der Waals surface area contributed by atoms with Gasteiger partial charge in [0.05, 0.1) is 37.4 Å². The van der Waals surface area contributed by atoms with Gasteiger partial charge in [-0.15, -0.1) is 0 Å². The van der Waals surface area contributed by atoms with Crippen LogP contribution in [0, 0.1) is 0 Å². The molecule has 0 unspecified atom stereocenters. The van der Waals surface area contributed by atoms with Crippen molar-refractivity contribution < 1.29 is 17.9 Å². The summed E-state index contributed by atoms with van der Waals surface area (Å²) in [6.07, 6.45) is -1.24. The van der Waals surface area contributed by atoms with Gasteiger partial charge >= 0.3 is 6.18 Å². The lowest BCUT2D eigenvalue weighted by atomic mass is 10.1. The Labute approximate surface area is 189 Å². The third kappa shape index (κ3) is 4.74. The molecule has 176 valence electrons. The van der Waals surface area contributed by atoms with Crippen molar-refractivity contribution in [3.63, 3.8) is 0 Å². The second-order valence-corrected chi connectivity index (χ2v) is 8.54. The van der Waals surface area contributed by atoms with Crippen LogP contribution < -0.4 is 10.6 Å². The molecule has 8 nitrogen and oxygen atoms in total. The van der Waals surface area contributed by atoms with Gasteiger partial charge in [-0.3, -0.25) is 4.90 Å². The quantitative estimate of drug-likeness (QED) is 0.598. The van der Waals surface area contributed by atoms with Crippen LogP contribution in [-0.4, -0.2) is 76.8 Å². The molecule has 0 aliphatic carbocycles. The van der Waals surface area contributed by atoms with Crippen molar-refractivity contribution in [2.45, 2.75) is 25.1 Å². The normalized spacial score (nSPS) is 18.8. The first-order valence-electron chi connectivity index (χ1n) is 11.1. The number of hydrogen-bond donors (Lipinski definition) is 1. The number of likely N-dealkylation sites (tertiary alicyclic amines) is 1. The molecule has 2 saturated heterocycles. The SMILES string of the molecule is Nc1ccc(-c2nc(N3CCOCC3)c3cnn(C4CCN(CC(F)(F)F)CC4)c3n2)cc1. The van der Waals surface area contributed by atoms with Gasteiger partial charge in [0.2, 0.25) is 0 Å². The van der Waals surface area contributed by atoms with Gasteiger partial charge in [-0.05, 0) is 37.1 Å². The third-order valence-corrected chi connectivity index (χ3v) is 6.22. The molecule has 2 N–H and O–H groups in total. The first-order valence-corrected chi connectivity index (χ1v) is 11.1. The standard InChI is InChI=1S/C22H26F3N7O/c23-22(24,25)14-30-7-5-17(6-8-30)32-21-18(13-27-32)20(31-9-11-33-12-10-31)28-19(29-21)15-1-3-16(26)4-2-15/h1-4,13,17H,5-12,14,26H2. The van der Waals surface area contributed by atoms with Crippen LogP contribution in [0.15, 0.2) is 30.5 Å². The zero-order valence-electron chi connectivity index (χ0n) is 18.1. The van der Waals surface area contributed by atoms with E-state index in [9.17, 15) is 13.2 Å². The number of nitrogen functional groups attached to an aromatic ring is 1. The monoisotopic (exact) mass is 461 g/mol. The number of morpholine rings is 1. The Balaban J connectivity index is 1.50. The van der Waals surface area contributed by atoms with E-state index in [0.29, 0.717) is 69.4 Å². The van der Waals surface area contributed by atoms with Crippen molar-refractivity contribution in [2.75, 3.05) is 56.6 Å². The molecular weight excluding hydrogens is 435 g/mol. The van der Waals surface area contributed by atoms with Crippen molar-refractivity contribution in [3.8, 4) is 11.4 Å². The summed E-state index contributed by atoms with van der Waals surface area (Å²) in [5.41, 5.74) is 8.04. The Hall–Kier alpha value is -2.92. The number of benzene rings is 1. The van der Waals surface area contributed by atoms with E-state index in [1.807, 2.05) is 28.9 Å². The van der Waals surface area contributed by atoms with Gasteiger partial charge in [0, 0.05) is 37.4 Å². The van der Waals surface area contributed by atoms with Crippen molar-refractivity contribution in [2.24, 2.45) is 0 Å². The highest BCUT2D eigenvalue weighted by molar-refractivity contribution is 5.89. The number of piperidine rings is 1. The summed E-state index contributed by atoms with van der Waals surface area (Å²) in [5.74, 6) is 1.37. The molecule has 5 rings (SSSR count). The fourth-order valence-electron chi connectivity index (χ4n) is 4.53. The van der Waals surface area contributed by atoms with E-state index in [0.717, 1.165) is 16.8 Å². The third-order valence-electron chi connectivity index (χ3n) is 6.22. The highest BCUT2D eigenvalue weighted by atomic mass is 19.4. The van der Waals surface area contributed by atoms with Crippen LogP contribution in [-0.2, 0) is 4.74 Å². The number of rotatable bonds is 4. The molecular formula is C22H26F3N7O. The number of hydrogen-bond acceptors (Lipinski definition) is 7. The molecule has 3 aromatic rings. The van der Waals surface area contributed by atoms with Gasteiger partial charge in [0.25, 0.3) is 0 Å². The van der Waals surface area contributed by atoms with Crippen molar-refractivity contribution in [1.29, 1.82) is 0 Å². The smallest absolute Gasteiger partial charge is 0.399 e. The summed E-state index contributed by atoms with van der Waals surface area (Å²) in [7, 11) is 0. The number of ether oxygens (including phenoxy) is 1. The minimum atomic E-state index is -4.18. The molecule has 0 radical (unpaired) electrons. The first-order chi connectivity index (χ1) is 15.9. The summed E-state index contributed by atoms with van der Waals surface area (Å²) in [4.78, 5) is 13.3. The molecule has 4 heterocycles. The highest BCUT2D eigenvalue weighted by Crippen LogP contribution is 2.32. The highest BCUT2D eigenvalue weighted by Gasteiger charge is 2.33. The molecule has 2 aromatic heterocycles. The number of halogens is 3. The fraction of sp³-hybridized carbons (Fsp3) is 0.500. The predicted molar refractivity (Wildman–Crippen MR) is 119 cm³/mol. The number of aromatic nitrogens is 4. The van der Waals surface area contributed by atoms with Crippen LogP contribution in [0.5, 0.6) is 0 Å². The summed E-state index contributed by atoms with van der Waals surface area (Å²) >= 11 is 0. The van der Waals surface area contributed by atoms with E-state index in [2.05, 4.69) is 10.00 Å². The number of alkyl halides is 3. The van der Waals surface area contributed by atoms with Gasteiger partial charge in [-0.1, -0.05) is 0 Å². The van der Waals surface area contributed by atoms with Crippen molar-refractivity contribution in [1.82, 2.24) is 24.6 Å². The maximum atomic E-state index is 12.8. The average Bonchev–Trinajstić information content (AvgIpc) is 3.23. The molecule has 0 amide bonds. The van der Waals surface area contributed by atoms with E-state index in [4.69, 9.17) is 20.4 Å². The summed E-state index contributed by atoms with van der Waals surface area (Å²) in [6, 6.07) is 7.38. The van der Waals surface area contributed by atoms with Crippen LogP contribution >= 0.6 is 0 Å². The summed E-state index contributed by atoms with van der Waals surface area (Å²) in [6.45, 7) is 2.55. The number of fused-ring (bicyclic) bond motifs is 1. The van der Waals surface area contributed by atoms with Gasteiger partial charge in [0.1, 0.15) is 5.82 Å². The van der Waals surface area contributed by atoms with Crippen LogP contribution in [0.25, 0.3) is 22.4 Å². The van der Waals surface area contributed by atoms with E-state index in [1.165, 1.54) is 4.90 Å². The molecule has 0 bridgehead atoms. The molecule has 11 heteroatoms. The lowest BCUT2D eigenvalue weighted by Crippen LogP contribution is -2.40. The maximum Gasteiger partial charge on any atom is 0.401 e. The van der Waals surface area contributed by atoms with Crippen molar-refractivity contribution >= 4 is 22.5 Å². The van der Waals surface area contributed by atoms with E-state index < -0.39 is 12.7 Å². The molecule has 2 aliphatic rings. The Morgan fingerprint density at radius 3 is 2.36 bits per heavy atom. The van der Waals surface area contributed by atoms with Gasteiger partial charge < -0.3 is 15.4 Å². The molecule has 0 spiro atoms. The van der Waals surface area contributed by atoms with Crippen LogP contribution in [0.1, 0.15) is 18.9 Å². The molecule has 1 aromatic carbocycles. The molecule has 0 saturated carbocycles. The number of nitrogens with zero attached hydrogens (tertiary/aromatic N) is 6. The van der Waals surface area contributed by atoms with Gasteiger partial charge in [0.15, 0.2) is 11.5 Å². The Kier molecular flexibility index (Phi) is 5.83. The van der Waals surface area contributed by atoms with E-state index in [1.54, 1.807) is 6.20 Å². The maximum absolute atomic E-state index is 12.8. The lowest BCUT2D eigenvalue weighted by Gasteiger charge is -2.32. The fourth-order valence-corrected chi connectivity index (χ4v) is 4.53. The Morgan fingerprint density at radius 2 is 1.70 bits per heavy atom. The van der Waals surface area contributed by atoms with Crippen LogP contribution in [0.4, 0.5) is 24.7 Å². The second kappa shape index (κ2) is 8.79. The zero-order valence-corrected chi connectivity index (χ0v) is 18.1. The minimum Gasteiger partial charge on any atom is -0.399 e. The number of anilines is 2. The Bertz CT molecular complexity index is 1100. The van der Waals surface area contributed by atoms with Gasteiger partial charge in [-0.25, -0.2) is 14.6 Å². The zero-order chi connectivity index (χ0) is 23.0. The molecule has 0 atom stereocenters. The summed E-state index contributed by atoms with van der Waals surface area (Å²) < 4.78 is 45.7. The molecule has 2 fully saturated rings. The molecule has 2 aliphatic heterocycles. The largest absolute Gasteiger partial charge is 0.401 e. The first kappa shape index (κ1) is 21.9. The van der Waals surface area contributed by atoms with E-state index >= 15 is 0 Å². The van der Waals surface area contributed by atoms with Gasteiger partial charge in [-0.2, -0.15) is 18.3 Å². The van der Waals surface area contributed by atoms with Crippen LogP contribution in [0.2, 0.25) is 0 Å². The average molecular weight is 461 g/mol. The Morgan fingerprint density at radius 1 is 1.00 bits per heavy atom. The summed E-state index contributed by atoms with van der Waals surface area (Å²) in [5, 5.41) is 5.46. The second-order valence-electron chi connectivity index (χ2n) is 8.54. The number of nitrogens with two attached hydrogens (primary N) is 1. The molecule has 33 heavy (non-hydrogen) atoms. The minimum absolute atomic E-state index is 0.0151. The van der Waals surface area contributed by atoms with Crippen molar-refractivity contribution in [3.05, 3.63) is 30.5 Å². The lowest BCUT2D eigenvalue weighted by molar-refractivity contribution is -0.148. The van der Waals surface area contributed by atoms with E-state index in [-0.39, 0.29) is 6.04 Å². The van der Waals surface area contributed by atoms with Crippen LogP contribution in [0.3, 0.4) is 0 Å². The topological polar surface area (TPSA) is 85.3 Å². The predicted octanol–water partition coefficient (Wildman–Crippen LogP) is 3.11.